The molecular formula is C15H13Br2NO2. The minimum absolute atomic E-state index is 0.124. The highest BCUT2D eigenvalue weighted by atomic mass is 79.9. The smallest absolute Gasteiger partial charge is 0.258 e. The molecule has 0 heterocycles. The largest absolute Gasteiger partial charge is 0.269 e. The second-order valence-corrected chi connectivity index (χ2v) is 6.51. The van der Waals surface area contributed by atoms with Crippen LogP contribution in [0.4, 0.5) is 5.69 Å². The molecule has 0 fully saturated rings. The van der Waals surface area contributed by atoms with E-state index in [1.807, 2.05) is 12.1 Å². The molecule has 0 aliphatic carbocycles. The van der Waals surface area contributed by atoms with Gasteiger partial charge in [0.2, 0.25) is 0 Å². The molecule has 1 atom stereocenters. The van der Waals surface area contributed by atoms with Gasteiger partial charge in [-0.1, -0.05) is 56.1 Å². The van der Waals surface area contributed by atoms with Crippen LogP contribution in [0.2, 0.25) is 0 Å². The normalized spacial score (nSPS) is 12.2. The van der Waals surface area contributed by atoms with Gasteiger partial charge < -0.3 is 0 Å². The Morgan fingerprint density at radius 2 is 1.85 bits per heavy atom. The van der Waals surface area contributed by atoms with Gasteiger partial charge in [-0.3, -0.25) is 10.1 Å². The molecule has 0 aromatic heterocycles. The summed E-state index contributed by atoms with van der Waals surface area (Å²) in [6, 6.07) is 12.8. The third-order valence-electron chi connectivity index (χ3n) is 3.21. The third kappa shape index (κ3) is 3.46. The van der Waals surface area contributed by atoms with Crippen LogP contribution < -0.4 is 0 Å². The molecule has 0 saturated carbocycles. The summed E-state index contributed by atoms with van der Waals surface area (Å²) in [4.78, 5) is 10.4. The number of rotatable bonds is 4. The minimum atomic E-state index is -0.381. The summed E-state index contributed by atoms with van der Waals surface area (Å²) >= 11 is 7.23. The molecule has 0 amide bonds. The fraction of sp³-hybridized carbons (Fsp3) is 0.200. The number of non-ortho nitro benzene ring substituents is 1. The van der Waals surface area contributed by atoms with E-state index in [0.717, 1.165) is 16.5 Å². The zero-order valence-corrected chi connectivity index (χ0v) is 14.0. The summed E-state index contributed by atoms with van der Waals surface area (Å²) in [6.07, 6.45) is 0.787. The molecule has 20 heavy (non-hydrogen) atoms. The maximum atomic E-state index is 10.6. The first-order valence-corrected chi connectivity index (χ1v) is 7.82. The van der Waals surface area contributed by atoms with Crippen molar-refractivity contribution in [3.8, 4) is 0 Å². The van der Waals surface area contributed by atoms with E-state index in [4.69, 9.17) is 0 Å². The number of alkyl halides is 1. The van der Waals surface area contributed by atoms with Crippen molar-refractivity contribution in [2.75, 3.05) is 0 Å². The summed E-state index contributed by atoms with van der Waals surface area (Å²) in [5.41, 5.74) is 3.62. The fourth-order valence-corrected chi connectivity index (χ4v) is 3.29. The molecule has 0 spiro atoms. The van der Waals surface area contributed by atoms with Crippen LogP contribution in [0.5, 0.6) is 0 Å². The van der Waals surface area contributed by atoms with E-state index in [9.17, 15) is 10.1 Å². The van der Waals surface area contributed by atoms with Gasteiger partial charge in [0.15, 0.2) is 0 Å². The number of nitro benzene ring substituents is 1. The lowest BCUT2D eigenvalue weighted by Gasteiger charge is -2.14. The Morgan fingerprint density at radius 3 is 2.45 bits per heavy atom. The first-order chi connectivity index (χ1) is 9.49. The number of hydrogen-bond acceptors (Lipinski definition) is 2. The lowest BCUT2D eigenvalue weighted by Crippen LogP contribution is -1.99. The van der Waals surface area contributed by atoms with Crippen molar-refractivity contribution in [3.63, 3.8) is 0 Å². The highest BCUT2D eigenvalue weighted by molar-refractivity contribution is 9.10. The summed E-state index contributed by atoms with van der Waals surface area (Å²) < 4.78 is 1.09. The van der Waals surface area contributed by atoms with Gasteiger partial charge >= 0.3 is 0 Å². The lowest BCUT2D eigenvalue weighted by molar-refractivity contribution is -0.384. The number of nitrogens with zero attached hydrogens (tertiary/aromatic N) is 1. The Hall–Kier alpha value is -1.20. The Labute approximate surface area is 134 Å². The molecule has 0 aliphatic heterocycles. The fourth-order valence-electron chi connectivity index (χ4n) is 2.03. The first-order valence-electron chi connectivity index (χ1n) is 6.11. The van der Waals surface area contributed by atoms with Crippen LogP contribution in [0.3, 0.4) is 0 Å². The number of benzene rings is 2. The van der Waals surface area contributed by atoms with E-state index in [1.54, 1.807) is 24.3 Å². The predicted molar refractivity (Wildman–Crippen MR) is 87.3 cm³/mol. The van der Waals surface area contributed by atoms with Crippen molar-refractivity contribution in [2.45, 2.75) is 18.2 Å². The summed E-state index contributed by atoms with van der Waals surface area (Å²) in [5, 5.41) is 10.6. The molecule has 0 bridgehead atoms. The van der Waals surface area contributed by atoms with Crippen LogP contribution in [0.1, 0.15) is 21.5 Å². The maximum absolute atomic E-state index is 10.6. The molecule has 1 unspecified atom stereocenters. The minimum Gasteiger partial charge on any atom is -0.258 e. The molecule has 2 aromatic rings. The molecule has 5 heteroatoms. The van der Waals surface area contributed by atoms with E-state index in [0.29, 0.717) is 0 Å². The van der Waals surface area contributed by atoms with Crippen LogP contribution in [0.15, 0.2) is 46.9 Å². The Kier molecular flexibility index (Phi) is 4.94. The van der Waals surface area contributed by atoms with E-state index < -0.39 is 0 Å². The molecule has 2 aromatic carbocycles. The molecule has 0 saturated heterocycles. The first kappa shape index (κ1) is 15.2. The van der Waals surface area contributed by atoms with Gasteiger partial charge in [0, 0.05) is 21.4 Å². The molecule has 2 rings (SSSR count). The average molecular weight is 399 g/mol. The van der Waals surface area contributed by atoms with E-state index in [-0.39, 0.29) is 15.4 Å². The second kappa shape index (κ2) is 6.50. The highest BCUT2D eigenvalue weighted by Crippen LogP contribution is 2.32. The Bertz CT molecular complexity index is 626. The summed E-state index contributed by atoms with van der Waals surface area (Å²) in [6.45, 7) is 2.07. The van der Waals surface area contributed by atoms with Crippen LogP contribution >= 0.6 is 31.9 Å². The summed E-state index contributed by atoms with van der Waals surface area (Å²) in [5.74, 6) is 0. The van der Waals surface area contributed by atoms with E-state index >= 15 is 0 Å². The van der Waals surface area contributed by atoms with Crippen molar-refractivity contribution >= 4 is 37.5 Å². The SMILES string of the molecule is Cc1c(Br)cccc1C(Br)Cc1ccc([N+](=O)[O-])cc1. The summed E-state index contributed by atoms with van der Waals surface area (Å²) in [7, 11) is 0. The van der Waals surface area contributed by atoms with Crippen molar-refractivity contribution < 1.29 is 4.92 Å². The van der Waals surface area contributed by atoms with Gasteiger partial charge in [0.1, 0.15) is 0 Å². The van der Waals surface area contributed by atoms with Crippen LogP contribution in [-0.4, -0.2) is 4.92 Å². The molecule has 0 aliphatic rings. The molecule has 0 radical (unpaired) electrons. The quantitative estimate of drug-likeness (QED) is 0.396. The highest BCUT2D eigenvalue weighted by Gasteiger charge is 2.13. The van der Waals surface area contributed by atoms with Crippen LogP contribution in [0.25, 0.3) is 0 Å². The van der Waals surface area contributed by atoms with Gasteiger partial charge in [-0.25, -0.2) is 0 Å². The van der Waals surface area contributed by atoms with Crippen molar-refractivity contribution in [1.29, 1.82) is 0 Å². The Balaban J connectivity index is 2.17. The number of hydrogen-bond donors (Lipinski definition) is 0. The van der Waals surface area contributed by atoms with Crippen molar-refractivity contribution in [2.24, 2.45) is 0 Å². The maximum Gasteiger partial charge on any atom is 0.269 e. The molecule has 0 N–H and O–H groups in total. The average Bonchev–Trinajstić information content (AvgIpc) is 2.42. The standard InChI is InChI=1S/C15H13Br2NO2/c1-10-13(3-2-4-14(10)16)15(17)9-11-5-7-12(8-6-11)18(19)20/h2-8,15H,9H2,1H3. The topological polar surface area (TPSA) is 43.1 Å². The molecular weight excluding hydrogens is 386 g/mol. The van der Waals surface area contributed by atoms with E-state index in [1.165, 1.54) is 11.1 Å². The zero-order valence-electron chi connectivity index (χ0n) is 10.8. The second-order valence-electron chi connectivity index (χ2n) is 4.55. The van der Waals surface area contributed by atoms with Gasteiger partial charge in [0.05, 0.1) is 4.92 Å². The van der Waals surface area contributed by atoms with Gasteiger partial charge in [0.25, 0.3) is 5.69 Å². The predicted octanol–water partition coefficient (Wildman–Crippen LogP) is 5.34. The van der Waals surface area contributed by atoms with Gasteiger partial charge in [-0.05, 0) is 36.1 Å². The monoisotopic (exact) mass is 397 g/mol. The van der Waals surface area contributed by atoms with Gasteiger partial charge in [-0.15, -0.1) is 0 Å². The van der Waals surface area contributed by atoms with Crippen LogP contribution in [-0.2, 0) is 6.42 Å². The van der Waals surface area contributed by atoms with Crippen molar-refractivity contribution in [1.82, 2.24) is 0 Å². The van der Waals surface area contributed by atoms with Gasteiger partial charge in [-0.2, -0.15) is 0 Å². The van der Waals surface area contributed by atoms with E-state index in [2.05, 4.69) is 44.8 Å². The molecule has 3 nitrogen and oxygen atoms in total. The molecule has 104 valence electrons. The van der Waals surface area contributed by atoms with Crippen LogP contribution in [0, 0.1) is 17.0 Å². The Morgan fingerprint density at radius 1 is 1.20 bits per heavy atom. The lowest BCUT2D eigenvalue weighted by atomic mass is 10.0. The number of nitro groups is 1. The zero-order chi connectivity index (χ0) is 14.7. The van der Waals surface area contributed by atoms with Crippen molar-refractivity contribution in [3.05, 3.63) is 73.7 Å². The number of halogens is 2. The third-order valence-corrected chi connectivity index (χ3v) is 4.89.